The van der Waals surface area contributed by atoms with Gasteiger partial charge in [-0.2, -0.15) is 0 Å². The van der Waals surface area contributed by atoms with Crippen molar-refractivity contribution in [2.75, 3.05) is 31.2 Å². The van der Waals surface area contributed by atoms with E-state index in [1.165, 1.54) is 11.4 Å². The Bertz CT molecular complexity index is 1240. The van der Waals surface area contributed by atoms with Crippen molar-refractivity contribution in [3.05, 3.63) is 51.8 Å². The number of methoxy groups -OCH3 is 1. The number of allylic oxidation sites excluding steroid dienone is 1. The molecule has 0 bridgehead atoms. The number of nitrogens with one attached hydrogen (secondary N) is 1. The zero-order chi connectivity index (χ0) is 25.0. The van der Waals surface area contributed by atoms with E-state index in [9.17, 15) is 22.0 Å². The molecule has 9 nitrogen and oxygen atoms in total. The number of piperidine rings is 1. The van der Waals surface area contributed by atoms with Gasteiger partial charge >= 0.3 is 140 Å². The average molecular weight is 680 g/mol. The quantitative estimate of drug-likeness (QED) is 0.236. The van der Waals surface area contributed by atoms with Crippen LogP contribution in [-0.2, 0) is 34.1 Å². The normalized spacial score (nSPS) is 15.5. The molecule has 3 N–H and O–H groups in total. The molecular formula is C20H20F2N5O4S2W-. The Morgan fingerprint density at radius 3 is 2.59 bits per heavy atom. The molecule has 1 aromatic heterocycles. The van der Waals surface area contributed by atoms with Gasteiger partial charge in [-0.1, -0.05) is 6.07 Å². The van der Waals surface area contributed by atoms with Crippen LogP contribution >= 0.6 is 11.3 Å². The SMILES string of the molecule is [CH-]=C(/C=N\[C](=[W])OC)S(=O)(=O)N1CCC(Nc2nc(N)c(C(=O)c3c(F)cccc3F)s2)CC1. The summed E-state index contributed by atoms with van der Waals surface area (Å²) < 4.78 is 59.8. The van der Waals surface area contributed by atoms with Gasteiger partial charge in [0.2, 0.25) is 5.78 Å². The molecule has 34 heavy (non-hydrogen) atoms. The number of hydrogen-bond donors (Lipinski definition) is 2. The first-order chi connectivity index (χ1) is 16.0. The number of benzene rings is 1. The molecule has 0 saturated carbocycles. The first kappa shape index (κ1) is 26.4. The Morgan fingerprint density at radius 2 is 2.00 bits per heavy atom. The summed E-state index contributed by atoms with van der Waals surface area (Å²) in [6.07, 6.45) is 1.92. The Morgan fingerprint density at radius 1 is 1.38 bits per heavy atom. The van der Waals surface area contributed by atoms with Gasteiger partial charge in [-0.3, -0.25) is 4.79 Å². The molecular weight excluding hydrogens is 660 g/mol. The molecule has 182 valence electrons. The van der Waals surface area contributed by atoms with Crippen molar-refractivity contribution in [3.63, 3.8) is 0 Å². The summed E-state index contributed by atoms with van der Waals surface area (Å²) >= 11 is 1.81. The van der Waals surface area contributed by atoms with Crippen molar-refractivity contribution in [1.29, 1.82) is 0 Å². The molecule has 0 unspecified atom stereocenters. The number of rotatable bonds is 9. The van der Waals surface area contributed by atoms with E-state index in [-0.39, 0.29) is 34.7 Å². The Hall–Kier alpha value is -2.18. The summed E-state index contributed by atoms with van der Waals surface area (Å²) in [7, 11) is -2.45. The number of nitrogens with zero attached hydrogens (tertiary/aromatic N) is 3. The number of ketones is 1. The van der Waals surface area contributed by atoms with Crippen LogP contribution in [-0.4, -0.2) is 60.2 Å². The zero-order valence-corrected chi connectivity index (χ0v) is 22.4. The van der Waals surface area contributed by atoms with Crippen molar-refractivity contribution >= 4 is 48.5 Å². The molecule has 2 aromatic rings. The van der Waals surface area contributed by atoms with Crippen LogP contribution < -0.4 is 11.1 Å². The number of carbonyl (C=O) groups is 1. The molecule has 0 atom stereocenters. The monoisotopic (exact) mass is 680 g/mol. The van der Waals surface area contributed by atoms with E-state index in [1.807, 2.05) is 0 Å². The van der Waals surface area contributed by atoms with E-state index < -0.39 is 33.0 Å². The number of ether oxygens (including phenoxy) is 1. The third kappa shape index (κ3) is 5.89. The van der Waals surface area contributed by atoms with Gasteiger partial charge in [-0.05, 0) is 12.1 Å². The number of aliphatic imine (C=N–C) groups is 1. The molecule has 2 heterocycles. The van der Waals surface area contributed by atoms with Crippen molar-refractivity contribution < 1.29 is 46.1 Å². The number of carbonyl (C=O) groups excluding carboxylic acids is 1. The van der Waals surface area contributed by atoms with Gasteiger partial charge in [0, 0.05) is 0 Å². The van der Waals surface area contributed by atoms with Gasteiger partial charge in [0.25, 0.3) is 0 Å². The number of hydrogen-bond acceptors (Lipinski definition) is 9. The van der Waals surface area contributed by atoms with Crippen LogP contribution in [0.25, 0.3) is 0 Å². The van der Waals surface area contributed by atoms with E-state index in [0.29, 0.717) is 22.2 Å². The topological polar surface area (TPSA) is 127 Å². The summed E-state index contributed by atoms with van der Waals surface area (Å²) in [5, 5.41) is 3.41. The minimum atomic E-state index is -3.87. The fourth-order valence-corrected chi connectivity index (χ4v) is 5.46. The number of halogens is 2. The maximum absolute atomic E-state index is 14.0. The summed E-state index contributed by atoms with van der Waals surface area (Å²) in [6.45, 7) is 6.10. The molecule has 1 fully saturated rings. The fraction of sp³-hybridized carbons (Fsp3) is 0.300. The Kier molecular flexibility index (Phi) is 8.58. The number of nitrogens with two attached hydrogens (primary N) is 1. The van der Waals surface area contributed by atoms with E-state index in [0.717, 1.165) is 55.1 Å². The number of anilines is 2. The molecule has 0 aliphatic carbocycles. The number of nitrogen functional groups attached to an aromatic ring is 1. The summed E-state index contributed by atoms with van der Waals surface area (Å²) in [6, 6.07) is 2.98. The molecule has 3 rings (SSSR count). The third-order valence-corrected chi connectivity index (χ3v) is 8.67. The molecule has 1 aromatic carbocycles. The van der Waals surface area contributed by atoms with Gasteiger partial charge in [-0.25, -0.2) is 8.78 Å². The molecule has 0 radical (unpaired) electrons. The predicted octanol–water partition coefficient (Wildman–Crippen LogP) is 2.11. The van der Waals surface area contributed by atoms with Crippen molar-refractivity contribution in [3.8, 4) is 0 Å². The van der Waals surface area contributed by atoms with Crippen LogP contribution in [0, 0.1) is 18.2 Å². The van der Waals surface area contributed by atoms with Gasteiger partial charge < -0.3 is 5.73 Å². The first-order valence-electron chi connectivity index (χ1n) is 9.80. The average Bonchev–Trinajstić information content (AvgIpc) is 3.17. The number of thiazole rings is 1. The first-order valence-corrected chi connectivity index (χ1v) is 13.5. The van der Waals surface area contributed by atoms with Crippen LogP contribution in [0.2, 0.25) is 0 Å². The third-order valence-electron chi connectivity index (χ3n) is 4.94. The maximum atomic E-state index is 14.0. The van der Waals surface area contributed by atoms with Gasteiger partial charge in [0.1, 0.15) is 22.3 Å². The second-order valence-electron chi connectivity index (χ2n) is 7.11. The van der Waals surface area contributed by atoms with Crippen molar-refractivity contribution in [2.45, 2.75) is 18.9 Å². The van der Waals surface area contributed by atoms with E-state index in [1.54, 1.807) is 0 Å². The van der Waals surface area contributed by atoms with E-state index >= 15 is 0 Å². The molecule has 1 aliphatic heterocycles. The second-order valence-corrected chi connectivity index (χ2v) is 11.3. The predicted molar refractivity (Wildman–Crippen MR) is 122 cm³/mol. The van der Waals surface area contributed by atoms with Crippen LogP contribution in [0.3, 0.4) is 0 Å². The Balaban J connectivity index is 1.64. The fourth-order valence-electron chi connectivity index (χ4n) is 3.18. The Labute approximate surface area is 210 Å². The molecule has 14 heteroatoms. The second kappa shape index (κ2) is 11.0. The molecule has 1 saturated heterocycles. The molecule has 1 aliphatic rings. The summed E-state index contributed by atoms with van der Waals surface area (Å²) in [5.74, 6) is -3.02. The van der Waals surface area contributed by atoms with Gasteiger partial charge in [-0.15, -0.1) is 0 Å². The van der Waals surface area contributed by atoms with Crippen molar-refractivity contribution in [1.82, 2.24) is 9.29 Å². The standard InChI is InChI=1S/C20H20F2N5O4S2.W/c1-12(10-24-11-31-2)33(29,30)27-8-6-13(7-9-27)25-20-26-19(23)18(32-20)17(28)16-14(21)4-3-5-15(16)22;/h1,3-5,10,13H,6-9,23H2,2H3,(H,25,26);/q-1;. The summed E-state index contributed by atoms with van der Waals surface area (Å²) in [4.78, 5) is 20.1. The summed E-state index contributed by atoms with van der Waals surface area (Å²) in [5.41, 5.74) is 5.13. The van der Waals surface area contributed by atoms with E-state index in [4.69, 9.17) is 17.0 Å². The number of sulfonamides is 1. The zero-order valence-electron chi connectivity index (χ0n) is 17.8. The van der Waals surface area contributed by atoms with Crippen LogP contribution in [0.4, 0.5) is 19.7 Å². The minimum absolute atomic E-state index is 0.0850. The molecule has 0 spiro atoms. The van der Waals surface area contributed by atoms with Crippen LogP contribution in [0.1, 0.15) is 28.1 Å². The van der Waals surface area contributed by atoms with Crippen LogP contribution in [0.5, 0.6) is 0 Å². The van der Waals surface area contributed by atoms with Crippen LogP contribution in [0.15, 0.2) is 28.1 Å². The molecule has 0 amide bonds. The van der Waals surface area contributed by atoms with E-state index in [2.05, 4.69) is 15.3 Å². The van der Waals surface area contributed by atoms with Crippen molar-refractivity contribution in [2.24, 2.45) is 4.99 Å². The van der Waals surface area contributed by atoms with Gasteiger partial charge in [0.15, 0.2) is 0 Å². The number of aromatic nitrogens is 1. The van der Waals surface area contributed by atoms with Gasteiger partial charge in [0.05, 0.1) is 5.56 Å².